The predicted molar refractivity (Wildman–Crippen MR) is 96.3 cm³/mol. The zero-order valence-electron chi connectivity index (χ0n) is 12.6. The van der Waals surface area contributed by atoms with Crippen molar-refractivity contribution in [2.75, 3.05) is 18.5 Å². The van der Waals surface area contributed by atoms with Gasteiger partial charge in [-0.2, -0.15) is 0 Å². The highest BCUT2D eigenvalue weighted by Crippen LogP contribution is 2.27. The molecule has 2 N–H and O–H groups in total. The van der Waals surface area contributed by atoms with E-state index >= 15 is 0 Å². The molecule has 0 bridgehead atoms. The third-order valence-electron chi connectivity index (χ3n) is 3.31. The molecule has 122 valence electrons. The lowest BCUT2D eigenvalue weighted by atomic mass is 10.1. The lowest BCUT2D eigenvalue weighted by Gasteiger charge is -2.11. The third-order valence-corrected chi connectivity index (χ3v) is 3.82. The van der Waals surface area contributed by atoms with Gasteiger partial charge in [0.25, 0.3) is 0 Å². The van der Waals surface area contributed by atoms with Crippen LogP contribution in [0.2, 0.25) is 10.0 Å². The molecule has 0 radical (unpaired) electrons. The molecule has 0 spiro atoms. The van der Waals surface area contributed by atoms with Crippen molar-refractivity contribution < 1.29 is 5.11 Å². The Morgan fingerprint density at radius 2 is 1.42 bits per heavy atom. The molecule has 0 aliphatic rings. The van der Waals surface area contributed by atoms with Crippen molar-refractivity contribution in [2.45, 2.75) is 0 Å². The van der Waals surface area contributed by atoms with Crippen LogP contribution in [0.15, 0.2) is 48.5 Å². The standard InChI is InChI=1S/C17H14Cl2N4O/c18-13-5-1-11(2-6-13)15-17(20-9-10-24)21-16(23-22-15)12-3-7-14(19)8-4-12/h1-8,24H,9-10H2,(H,20,21,23). The molecule has 0 aliphatic carbocycles. The Balaban J connectivity index is 2.02. The van der Waals surface area contributed by atoms with Gasteiger partial charge in [-0.15, -0.1) is 10.2 Å². The molecule has 3 aromatic rings. The summed E-state index contributed by atoms with van der Waals surface area (Å²) in [7, 11) is 0. The summed E-state index contributed by atoms with van der Waals surface area (Å²) in [6.45, 7) is 0.347. The summed E-state index contributed by atoms with van der Waals surface area (Å²) in [5.74, 6) is 1.02. The first-order chi connectivity index (χ1) is 11.7. The molecule has 0 aliphatic heterocycles. The first-order valence-electron chi connectivity index (χ1n) is 7.28. The Morgan fingerprint density at radius 1 is 0.833 bits per heavy atom. The van der Waals surface area contributed by atoms with Crippen LogP contribution in [0.3, 0.4) is 0 Å². The lowest BCUT2D eigenvalue weighted by molar-refractivity contribution is 0.311. The van der Waals surface area contributed by atoms with Gasteiger partial charge < -0.3 is 10.4 Å². The number of aromatic nitrogens is 3. The molecule has 0 saturated carbocycles. The van der Waals surface area contributed by atoms with Gasteiger partial charge in [-0.3, -0.25) is 0 Å². The van der Waals surface area contributed by atoms with Gasteiger partial charge in [0.1, 0.15) is 5.69 Å². The second kappa shape index (κ2) is 7.57. The lowest BCUT2D eigenvalue weighted by Crippen LogP contribution is -2.10. The van der Waals surface area contributed by atoms with Crippen LogP contribution in [0.4, 0.5) is 5.82 Å². The SMILES string of the molecule is OCCNc1nc(-c2ccc(Cl)cc2)nnc1-c1ccc(Cl)cc1. The molecule has 5 nitrogen and oxygen atoms in total. The van der Waals surface area contributed by atoms with Gasteiger partial charge in [0.15, 0.2) is 11.6 Å². The monoisotopic (exact) mass is 360 g/mol. The van der Waals surface area contributed by atoms with Crippen LogP contribution in [-0.4, -0.2) is 33.4 Å². The zero-order chi connectivity index (χ0) is 16.9. The molecule has 0 amide bonds. The van der Waals surface area contributed by atoms with E-state index in [1.165, 1.54) is 0 Å². The Labute approximate surface area is 149 Å². The van der Waals surface area contributed by atoms with Crippen molar-refractivity contribution in [1.29, 1.82) is 0 Å². The Bertz CT molecular complexity index is 823. The number of benzene rings is 2. The molecule has 1 aromatic heterocycles. The normalized spacial score (nSPS) is 10.6. The third kappa shape index (κ3) is 3.82. The smallest absolute Gasteiger partial charge is 0.183 e. The maximum atomic E-state index is 9.08. The number of anilines is 1. The van der Waals surface area contributed by atoms with E-state index in [1.54, 1.807) is 24.3 Å². The summed E-state index contributed by atoms with van der Waals surface area (Å²) >= 11 is 11.8. The maximum Gasteiger partial charge on any atom is 0.183 e. The van der Waals surface area contributed by atoms with E-state index in [-0.39, 0.29) is 6.61 Å². The van der Waals surface area contributed by atoms with Gasteiger partial charge in [0, 0.05) is 27.7 Å². The van der Waals surface area contributed by atoms with E-state index in [9.17, 15) is 0 Å². The highest BCUT2D eigenvalue weighted by atomic mass is 35.5. The molecule has 3 rings (SSSR count). The number of aliphatic hydroxyl groups is 1. The maximum absolute atomic E-state index is 9.08. The molecule has 2 aromatic carbocycles. The van der Waals surface area contributed by atoms with E-state index in [0.29, 0.717) is 33.9 Å². The molecule has 0 saturated heterocycles. The van der Waals surface area contributed by atoms with Crippen LogP contribution in [0.25, 0.3) is 22.6 Å². The fourth-order valence-corrected chi connectivity index (χ4v) is 2.40. The van der Waals surface area contributed by atoms with E-state index in [0.717, 1.165) is 11.1 Å². The second-order valence-electron chi connectivity index (χ2n) is 5.00. The van der Waals surface area contributed by atoms with Gasteiger partial charge in [-0.25, -0.2) is 4.98 Å². The Hall–Kier alpha value is -2.21. The van der Waals surface area contributed by atoms with Gasteiger partial charge in [0.05, 0.1) is 6.61 Å². The zero-order valence-corrected chi connectivity index (χ0v) is 14.1. The average Bonchev–Trinajstić information content (AvgIpc) is 2.61. The second-order valence-corrected chi connectivity index (χ2v) is 5.87. The minimum absolute atomic E-state index is 0.0136. The Kier molecular flexibility index (Phi) is 5.25. The summed E-state index contributed by atoms with van der Waals surface area (Å²) in [4.78, 5) is 4.54. The van der Waals surface area contributed by atoms with Gasteiger partial charge >= 0.3 is 0 Å². The molecular weight excluding hydrogens is 347 g/mol. The van der Waals surface area contributed by atoms with Crippen LogP contribution in [-0.2, 0) is 0 Å². The van der Waals surface area contributed by atoms with Crippen LogP contribution >= 0.6 is 23.2 Å². The Morgan fingerprint density at radius 3 is 2.00 bits per heavy atom. The van der Waals surface area contributed by atoms with Crippen LogP contribution in [0.1, 0.15) is 0 Å². The number of nitrogens with one attached hydrogen (secondary N) is 1. The summed E-state index contributed by atoms with van der Waals surface area (Å²) in [5, 5.41) is 21.9. The fraction of sp³-hybridized carbons (Fsp3) is 0.118. The summed E-state index contributed by atoms with van der Waals surface area (Å²) in [6.07, 6.45) is 0. The topological polar surface area (TPSA) is 70.9 Å². The number of hydrogen-bond acceptors (Lipinski definition) is 5. The minimum atomic E-state index is -0.0136. The molecule has 0 unspecified atom stereocenters. The molecule has 7 heteroatoms. The number of aliphatic hydroxyl groups excluding tert-OH is 1. The van der Waals surface area contributed by atoms with E-state index in [4.69, 9.17) is 28.3 Å². The van der Waals surface area contributed by atoms with E-state index in [1.807, 2.05) is 24.3 Å². The van der Waals surface area contributed by atoms with Crippen molar-refractivity contribution in [3.8, 4) is 22.6 Å². The quantitative estimate of drug-likeness (QED) is 0.721. The predicted octanol–water partition coefficient (Wildman–Crippen LogP) is 3.92. The van der Waals surface area contributed by atoms with Gasteiger partial charge in [0.2, 0.25) is 0 Å². The summed E-state index contributed by atoms with van der Waals surface area (Å²) in [6, 6.07) is 14.5. The van der Waals surface area contributed by atoms with Crippen molar-refractivity contribution >= 4 is 29.0 Å². The number of hydrogen-bond donors (Lipinski definition) is 2. The van der Waals surface area contributed by atoms with Gasteiger partial charge in [-0.05, 0) is 36.4 Å². The van der Waals surface area contributed by atoms with Crippen LogP contribution in [0, 0.1) is 0 Å². The largest absolute Gasteiger partial charge is 0.395 e. The number of halogens is 2. The molecule has 1 heterocycles. The highest BCUT2D eigenvalue weighted by Gasteiger charge is 2.12. The average molecular weight is 361 g/mol. The molecular formula is C17H14Cl2N4O. The first kappa shape index (κ1) is 16.6. The molecule has 24 heavy (non-hydrogen) atoms. The number of rotatable bonds is 5. The number of nitrogens with zero attached hydrogens (tertiary/aromatic N) is 3. The molecule has 0 atom stereocenters. The van der Waals surface area contributed by atoms with Crippen molar-refractivity contribution in [3.05, 3.63) is 58.6 Å². The summed E-state index contributed by atoms with van der Waals surface area (Å²) < 4.78 is 0. The van der Waals surface area contributed by atoms with Gasteiger partial charge in [-0.1, -0.05) is 35.3 Å². The molecule has 0 fully saturated rings. The van der Waals surface area contributed by atoms with Crippen molar-refractivity contribution in [3.63, 3.8) is 0 Å². The van der Waals surface area contributed by atoms with Crippen molar-refractivity contribution in [1.82, 2.24) is 15.2 Å². The van der Waals surface area contributed by atoms with Crippen LogP contribution in [0.5, 0.6) is 0 Å². The minimum Gasteiger partial charge on any atom is -0.395 e. The van der Waals surface area contributed by atoms with Crippen molar-refractivity contribution in [2.24, 2.45) is 0 Å². The first-order valence-corrected chi connectivity index (χ1v) is 8.04. The summed E-state index contributed by atoms with van der Waals surface area (Å²) in [5.41, 5.74) is 2.24. The van der Waals surface area contributed by atoms with E-state index < -0.39 is 0 Å². The van der Waals surface area contributed by atoms with Crippen LogP contribution < -0.4 is 5.32 Å². The fourth-order valence-electron chi connectivity index (χ4n) is 2.15. The highest BCUT2D eigenvalue weighted by molar-refractivity contribution is 6.30. The van der Waals surface area contributed by atoms with E-state index in [2.05, 4.69) is 20.5 Å².